The number of quaternary nitrogens is 2. The highest BCUT2D eigenvalue weighted by Crippen LogP contribution is 2.48. The fraction of sp³-hybridized carbons (Fsp3) is 0.951. The van der Waals surface area contributed by atoms with E-state index in [9.17, 15) is 38.8 Å². The second-order valence-electron chi connectivity index (χ2n) is 31.2. The maximum Gasteiger partial charge on any atom is 0.377 e. The zero-order valence-electron chi connectivity index (χ0n) is 68.5. The van der Waals surface area contributed by atoms with Crippen molar-refractivity contribution in [2.75, 3.05) is 106 Å². The largest absolute Gasteiger partial charge is 0.606 e. The number of esters is 4. The first-order valence-corrected chi connectivity index (χ1v) is 48.5. The number of nitrogens with zero attached hydrogens (tertiary/aromatic N) is 2. The molecule has 18 nitrogen and oxygen atoms in total. The van der Waals surface area contributed by atoms with Gasteiger partial charge in [-0.2, -0.15) is 27.9 Å². The lowest BCUT2D eigenvalue weighted by Gasteiger charge is -2.31. The van der Waals surface area contributed by atoms with E-state index in [2.05, 4.69) is 27.7 Å². The van der Waals surface area contributed by atoms with Crippen LogP contribution in [-0.4, -0.2) is 160 Å². The topological polar surface area (TPSA) is 229 Å². The Morgan fingerprint density at radius 2 is 0.500 bits per heavy atom. The van der Waals surface area contributed by atoms with Crippen LogP contribution in [0.1, 0.15) is 387 Å². The third-order valence-corrected chi connectivity index (χ3v) is 24.1. The Kier molecular flexibility index (Phi) is 72.8. The Morgan fingerprint density at radius 3 is 0.721 bits per heavy atom. The summed E-state index contributed by atoms with van der Waals surface area (Å²) in [5, 5.41) is 0. The summed E-state index contributed by atoms with van der Waals surface area (Å²) in [4.78, 5) is 99.6. The summed E-state index contributed by atoms with van der Waals surface area (Å²) in [7, 11) is 2.39. The van der Waals surface area contributed by atoms with E-state index in [0.717, 1.165) is 102 Å². The van der Waals surface area contributed by atoms with Crippen molar-refractivity contribution < 1.29 is 84.8 Å². The van der Waals surface area contributed by atoms with Gasteiger partial charge < -0.3 is 37.7 Å². The van der Waals surface area contributed by atoms with E-state index >= 15 is 0 Å². The van der Waals surface area contributed by atoms with E-state index in [1.807, 2.05) is 28.2 Å². The maximum atomic E-state index is 13.2. The summed E-state index contributed by atoms with van der Waals surface area (Å²) >= 11 is 0. The van der Waals surface area contributed by atoms with Gasteiger partial charge in [0.15, 0.2) is 12.2 Å². The van der Waals surface area contributed by atoms with Gasteiger partial charge >= 0.3 is 40.2 Å². The number of ether oxygens (including phenoxy) is 4. The molecule has 0 spiro atoms. The molecule has 0 fully saturated rings. The van der Waals surface area contributed by atoms with Crippen LogP contribution < -0.4 is 9.79 Å². The third-order valence-electron chi connectivity index (χ3n) is 19.8. The molecule has 618 valence electrons. The molecule has 0 radical (unpaired) electrons. The van der Waals surface area contributed by atoms with Gasteiger partial charge in [-0.05, 0) is 25.7 Å². The molecule has 0 aliphatic rings. The Morgan fingerprint density at radius 1 is 0.298 bits per heavy atom. The number of phosphoric acid groups is 2. The Balaban J connectivity index is 5.03. The smallest absolute Gasteiger partial charge is 0.377 e. The average Bonchev–Trinajstić information content (AvgIpc) is 0.927. The van der Waals surface area contributed by atoms with Crippen LogP contribution in [0.5, 0.6) is 0 Å². The number of likely N-dealkylation sites (N-methyl/N-ethyl adjacent to an activating group) is 2. The molecule has 0 saturated heterocycles. The molecule has 2 N–H and O–H groups in total. The van der Waals surface area contributed by atoms with Crippen molar-refractivity contribution in [1.82, 2.24) is 0 Å². The molecular weight excluding hydrogens is 1390 g/mol. The first-order valence-electron chi connectivity index (χ1n) is 43.0. The summed E-state index contributed by atoms with van der Waals surface area (Å²) in [5.41, 5.74) is 0. The van der Waals surface area contributed by atoms with Gasteiger partial charge in [0.2, 0.25) is 0 Å². The van der Waals surface area contributed by atoms with E-state index < -0.39 is 65.6 Å². The van der Waals surface area contributed by atoms with E-state index in [4.69, 9.17) is 37.0 Å². The lowest BCUT2D eigenvalue weighted by atomic mass is 10.0. The molecule has 0 saturated carbocycles. The van der Waals surface area contributed by atoms with Crippen molar-refractivity contribution in [2.24, 2.45) is 0 Å². The first kappa shape index (κ1) is 103. The molecule has 0 bridgehead atoms. The van der Waals surface area contributed by atoms with Gasteiger partial charge in [-0.25, -0.2) is 0 Å². The summed E-state index contributed by atoms with van der Waals surface area (Å²) in [6.07, 6.45) is 60.9. The van der Waals surface area contributed by atoms with Crippen LogP contribution in [0.2, 0.25) is 0 Å². The Bertz CT molecular complexity index is 1800. The minimum atomic E-state index is -4.56. The fourth-order valence-corrected chi connectivity index (χ4v) is 16.5. The highest BCUT2D eigenvalue weighted by Gasteiger charge is 2.34. The zero-order valence-corrected chi connectivity index (χ0v) is 71.9. The molecule has 0 aromatic heterocycles. The zero-order chi connectivity index (χ0) is 76.6. The first-order chi connectivity index (χ1) is 50.2. The lowest BCUT2D eigenvalue weighted by molar-refractivity contribution is -0.888. The molecular formula is C82H164N2O16P2S2+2. The molecule has 0 aliphatic carbocycles. The summed E-state index contributed by atoms with van der Waals surface area (Å²) in [5.74, 6) is -0.122. The molecule has 0 aliphatic heterocycles. The molecule has 0 heterocycles. The third kappa shape index (κ3) is 75.1. The number of phosphoric ester groups is 2. The lowest BCUT2D eigenvalue weighted by Crippen LogP contribution is -2.44. The maximum absolute atomic E-state index is 13.2. The second kappa shape index (κ2) is 73.5. The van der Waals surface area contributed by atoms with Crippen molar-refractivity contribution in [3.05, 3.63) is 0 Å². The number of carbonyl (C=O) groups excluding carboxylic acids is 4. The molecule has 0 rings (SSSR count). The van der Waals surface area contributed by atoms with Crippen LogP contribution >= 0.6 is 37.9 Å². The summed E-state index contributed by atoms with van der Waals surface area (Å²) in [6, 6.07) is 0. The van der Waals surface area contributed by atoms with Crippen LogP contribution in [0.15, 0.2) is 0 Å². The molecule has 0 aromatic rings. The highest BCUT2D eigenvalue weighted by atomic mass is 33.1. The number of hydrogen-bond acceptors (Lipinski definition) is 18. The normalized spacial score (nSPS) is 13.8. The number of hydrogen-bond donors (Lipinski definition) is 2. The van der Waals surface area contributed by atoms with Gasteiger partial charge in [-0.3, -0.25) is 19.2 Å². The van der Waals surface area contributed by atoms with Crippen LogP contribution in [0.25, 0.3) is 0 Å². The average molecular weight is 1560 g/mol. The fourth-order valence-electron chi connectivity index (χ4n) is 12.5. The van der Waals surface area contributed by atoms with Crippen LogP contribution in [-0.2, 0) is 56.2 Å². The number of unbranched alkanes of at least 4 members (excludes halogenated alkanes) is 48. The van der Waals surface area contributed by atoms with Crippen LogP contribution in [0.3, 0.4) is 0 Å². The Labute approximate surface area is 647 Å². The Hall–Kier alpha value is -0.960. The van der Waals surface area contributed by atoms with Crippen molar-refractivity contribution in [3.63, 3.8) is 0 Å². The number of carbonyl (C=O) groups is 4. The van der Waals surface area contributed by atoms with E-state index in [1.165, 1.54) is 231 Å². The summed E-state index contributed by atoms with van der Waals surface area (Å²) in [6.45, 7) is 9.74. The molecule has 4 unspecified atom stereocenters. The second-order valence-corrected chi connectivity index (χ2v) is 36.8. The van der Waals surface area contributed by atoms with Crippen molar-refractivity contribution >= 4 is 61.8 Å². The minimum absolute atomic E-state index is 0.0572. The SMILES string of the molecule is CCCCCCCCCCCCCCCC(=O)OCC(CO[P+]([O-])(O)OCC[N+](C)(C)CCSSCC[N+](C)(C)CCO[P+]([O-])(O)OCC(COC(=O)CCCCCCCCCCCCCCC)OC(=O)CCCCCCCCCCCCCCC)OC(=O)CCCCCCCCCCCCCCC. The predicted molar refractivity (Wildman–Crippen MR) is 434 cm³/mol. The quantitative estimate of drug-likeness (QED) is 0.0144. The molecule has 4 atom stereocenters. The van der Waals surface area contributed by atoms with Gasteiger partial charge in [0.05, 0.1) is 52.8 Å². The highest BCUT2D eigenvalue weighted by molar-refractivity contribution is 8.76. The monoisotopic (exact) mass is 1560 g/mol. The summed E-state index contributed by atoms with van der Waals surface area (Å²) < 4.78 is 45.1. The molecule has 0 aromatic carbocycles. The van der Waals surface area contributed by atoms with Crippen LogP contribution in [0.4, 0.5) is 0 Å². The van der Waals surface area contributed by atoms with Crippen molar-refractivity contribution in [1.29, 1.82) is 0 Å². The molecule has 104 heavy (non-hydrogen) atoms. The molecule has 22 heteroatoms. The van der Waals surface area contributed by atoms with Crippen molar-refractivity contribution in [3.8, 4) is 0 Å². The van der Waals surface area contributed by atoms with Crippen LogP contribution in [0, 0.1) is 0 Å². The molecule has 0 amide bonds. The van der Waals surface area contributed by atoms with Gasteiger partial charge in [0, 0.05) is 25.7 Å². The minimum Gasteiger partial charge on any atom is -0.606 e. The van der Waals surface area contributed by atoms with E-state index in [0.29, 0.717) is 47.7 Å². The van der Waals surface area contributed by atoms with Gasteiger partial charge in [-0.15, -0.1) is 0 Å². The van der Waals surface area contributed by atoms with E-state index in [1.54, 1.807) is 21.6 Å². The van der Waals surface area contributed by atoms with Gasteiger partial charge in [0.25, 0.3) is 0 Å². The number of rotatable bonds is 83. The standard InChI is InChI=1S/C82H162N2O16P2S2/c1-9-13-17-21-25-29-33-37-41-45-49-53-57-61-79(85)93-73-77(99-81(87)63-59-55-51-47-43-39-35-31-27-23-19-15-11-3)75-97-101(89,90)95-69-65-83(5,6)67-71-103-104-72-68-84(7,8)66-70-96-102(91,92)98-76-78(100-82(88)64-60-56-52-48-44-40-36-32-28-24-20-16-12-4)74-94-80(86)62-58-54-50-46-42-38-34-30-26-22-18-14-10-2/h77-78H,9-76H2,1-8H3/p+2. The van der Waals surface area contributed by atoms with E-state index in [-0.39, 0.29) is 52.1 Å². The predicted octanol–water partition coefficient (Wildman–Crippen LogP) is 21.5. The van der Waals surface area contributed by atoms with Gasteiger partial charge in [0.1, 0.15) is 52.7 Å². The van der Waals surface area contributed by atoms with Crippen molar-refractivity contribution in [2.45, 2.75) is 399 Å². The van der Waals surface area contributed by atoms with Gasteiger partial charge in [-0.1, -0.05) is 357 Å².